The lowest BCUT2D eigenvalue weighted by Gasteiger charge is -2.17. The minimum atomic E-state index is 0.0159. The van der Waals surface area contributed by atoms with Crippen LogP contribution in [0.2, 0.25) is 0 Å². The van der Waals surface area contributed by atoms with Crippen molar-refractivity contribution in [1.82, 2.24) is 4.98 Å². The highest BCUT2D eigenvalue weighted by atomic mass is 16.5. The highest BCUT2D eigenvalue weighted by Gasteiger charge is 2.13. The Hall–Kier alpha value is -1.58. The van der Waals surface area contributed by atoms with Gasteiger partial charge in [-0.15, -0.1) is 0 Å². The molecule has 106 valence electrons. The van der Waals surface area contributed by atoms with Gasteiger partial charge >= 0.3 is 0 Å². The van der Waals surface area contributed by atoms with E-state index in [0.29, 0.717) is 24.0 Å². The van der Waals surface area contributed by atoms with Gasteiger partial charge in [0.25, 0.3) is 0 Å². The van der Waals surface area contributed by atoms with Gasteiger partial charge in [0.2, 0.25) is 5.88 Å². The Labute approximate surface area is 115 Å². The summed E-state index contributed by atoms with van der Waals surface area (Å²) in [5.74, 6) is 1.05. The first-order valence-electron chi connectivity index (χ1n) is 7.02. The van der Waals surface area contributed by atoms with Gasteiger partial charge in [0.1, 0.15) is 5.84 Å². The Bertz CT molecular complexity index is 418. The Balaban J connectivity index is 2.71. The van der Waals surface area contributed by atoms with Crippen molar-refractivity contribution in [2.45, 2.75) is 46.5 Å². The summed E-state index contributed by atoms with van der Waals surface area (Å²) in [4.78, 5) is 4.20. The van der Waals surface area contributed by atoms with Gasteiger partial charge in [0.05, 0.1) is 12.2 Å². The molecule has 0 aliphatic rings. The zero-order chi connectivity index (χ0) is 14.3. The van der Waals surface area contributed by atoms with Crippen molar-refractivity contribution >= 4 is 5.84 Å². The number of ether oxygens (including phenoxy) is 1. The second-order valence-electron chi connectivity index (χ2n) is 4.95. The highest BCUT2D eigenvalue weighted by molar-refractivity contribution is 5.98. The topological polar surface area (TPSA) is 72.0 Å². The monoisotopic (exact) mass is 263 g/mol. The first kappa shape index (κ1) is 15.5. The molecule has 0 bridgehead atoms. The van der Waals surface area contributed by atoms with Crippen molar-refractivity contribution in [1.29, 1.82) is 5.41 Å². The van der Waals surface area contributed by atoms with Gasteiger partial charge in [-0.05, 0) is 30.9 Å². The van der Waals surface area contributed by atoms with E-state index < -0.39 is 0 Å². The molecular weight excluding hydrogens is 238 g/mol. The average molecular weight is 263 g/mol. The van der Waals surface area contributed by atoms with Crippen molar-refractivity contribution in [3.8, 4) is 5.88 Å². The van der Waals surface area contributed by atoms with Crippen molar-refractivity contribution in [2.75, 3.05) is 6.61 Å². The fraction of sp³-hybridized carbons (Fsp3) is 0.600. The molecule has 0 fully saturated rings. The fourth-order valence-electron chi connectivity index (χ4n) is 2.07. The number of nitrogens with one attached hydrogen (secondary N) is 1. The normalized spacial score (nSPS) is 12.2. The van der Waals surface area contributed by atoms with Crippen LogP contribution in [-0.4, -0.2) is 17.4 Å². The SMILES string of the molecule is CCCCC(CC)COc1nccc(C)c1C(=N)N. The second kappa shape index (κ2) is 7.77. The van der Waals surface area contributed by atoms with E-state index in [9.17, 15) is 0 Å². The number of hydrogen-bond acceptors (Lipinski definition) is 3. The first-order valence-corrected chi connectivity index (χ1v) is 7.02. The van der Waals surface area contributed by atoms with Crippen molar-refractivity contribution < 1.29 is 4.74 Å². The number of aromatic nitrogens is 1. The van der Waals surface area contributed by atoms with Gasteiger partial charge in [-0.2, -0.15) is 0 Å². The lowest BCUT2D eigenvalue weighted by atomic mass is 10.0. The smallest absolute Gasteiger partial charge is 0.224 e. The van der Waals surface area contributed by atoms with Gasteiger partial charge < -0.3 is 10.5 Å². The molecule has 4 heteroatoms. The molecule has 0 saturated heterocycles. The van der Waals surface area contributed by atoms with E-state index in [1.807, 2.05) is 13.0 Å². The van der Waals surface area contributed by atoms with E-state index in [-0.39, 0.29) is 5.84 Å². The number of unbranched alkanes of at least 4 members (excludes halogenated alkanes) is 1. The van der Waals surface area contributed by atoms with E-state index in [1.165, 1.54) is 19.3 Å². The third-order valence-electron chi connectivity index (χ3n) is 3.39. The quantitative estimate of drug-likeness (QED) is 0.558. The summed E-state index contributed by atoms with van der Waals surface area (Å²) >= 11 is 0. The molecule has 1 aromatic heterocycles. The summed E-state index contributed by atoms with van der Waals surface area (Å²) in [6.07, 6.45) is 6.40. The molecule has 0 aliphatic heterocycles. The van der Waals surface area contributed by atoms with Crippen LogP contribution < -0.4 is 10.5 Å². The number of nitrogen functional groups attached to an aromatic ring is 1. The van der Waals surface area contributed by atoms with Crippen molar-refractivity contribution in [3.63, 3.8) is 0 Å². The first-order chi connectivity index (χ1) is 9.10. The molecule has 0 amide bonds. The third kappa shape index (κ3) is 4.54. The predicted octanol–water partition coefficient (Wildman–Crippen LogP) is 3.27. The number of hydrogen-bond donors (Lipinski definition) is 2. The lowest BCUT2D eigenvalue weighted by Crippen LogP contribution is -2.18. The summed E-state index contributed by atoms with van der Waals surface area (Å²) in [6, 6.07) is 1.85. The number of nitrogens with zero attached hydrogens (tertiary/aromatic N) is 1. The van der Waals surface area contributed by atoms with E-state index in [1.54, 1.807) is 6.20 Å². The molecule has 1 unspecified atom stereocenters. The molecule has 1 rings (SSSR count). The van der Waals surface area contributed by atoms with Crippen LogP contribution in [-0.2, 0) is 0 Å². The van der Waals surface area contributed by atoms with Crippen LogP contribution in [0.25, 0.3) is 0 Å². The Morgan fingerprint density at radius 1 is 1.47 bits per heavy atom. The molecule has 0 aliphatic carbocycles. The van der Waals surface area contributed by atoms with Crippen LogP contribution >= 0.6 is 0 Å². The molecule has 1 atom stereocenters. The largest absolute Gasteiger partial charge is 0.477 e. The molecular formula is C15H25N3O. The molecule has 4 nitrogen and oxygen atoms in total. The number of pyridine rings is 1. The zero-order valence-corrected chi connectivity index (χ0v) is 12.2. The Morgan fingerprint density at radius 3 is 2.79 bits per heavy atom. The maximum absolute atomic E-state index is 7.62. The predicted molar refractivity (Wildman–Crippen MR) is 78.8 cm³/mol. The molecule has 0 spiro atoms. The van der Waals surface area contributed by atoms with Crippen LogP contribution in [0.3, 0.4) is 0 Å². The van der Waals surface area contributed by atoms with Crippen LogP contribution in [0.1, 0.15) is 50.7 Å². The Morgan fingerprint density at radius 2 is 2.21 bits per heavy atom. The summed E-state index contributed by atoms with van der Waals surface area (Å²) in [5.41, 5.74) is 7.15. The average Bonchev–Trinajstić information content (AvgIpc) is 2.38. The summed E-state index contributed by atoms with van der Waals surface area (Å²) in [5, 5.41) is 7.62. The molecule has 1 aromatic rings. The summed E-state index contributed by atoms with van der Waals surface area (Å²) < 4.78 is 5.80. The molecule has 19 heavy (non-hydrogen) atoms. The van der Waals surface area contributed by atoms with E-state index in [4.69, 9.17) is 15.9 Å². The molecule has 1 heterocycles. The van der Waals surface area contributed by atoms with Crippen LogP contribution in [0.5, 0.6) is 5.88 Å². The fourth-order valence-corrected chi connectivity index (χ4v) is 2.07. The minimum Gasteiger partial charge on any atom is -0.477 e. The highest BCUT2D eigenvalue weighted by Crippen LogP contribution is 2.20. The zero-order valence-electron chi connectivity index (χ0n) is 12.2. The van der Waals surface area contributed by atoms with Crippen LogP contribution in [0.4, 0.5) is 0 Å². The second-order valence-corrected chi connectivity index (χ2v) is 4.95. The van der Waals surface area contributed by atoms with E-state index in [0.717, 1.165) is 12.0 Å². The lowest BCUT2D eigenvalue weighted by molar-refractivity contribution is 0.225. The summed E-state index contributed by atoms with van der Waals surface area (Å²) in [6.45, 7) is 6.94. The molecule has 0 aromatic carbocycles. The Kier molecular flexibility index (Phi) is 6.33. The van der Waals surface area contributed by atoms with Crippen molar-refractivity contribution in [2.24, 2.45) is 11.7 Å². The summed E-state index contributed by atoms with van der Waals surface area (Å²) in [7, 11) is 0. The van der Waals surface area contributed by atoms with Gasteiger partial charge in [-0.25, -0.2) is 4.98 Å². The number of rotatable bonds is 8. The number of aryl methyl sites for hydroxylation is 1. The third-order valence-corrected chi connectivity index (χ3v) is 3.39. The van der Waals surface area contributed by atoms with E-state index in [2.05, 4.69) is 18.8 Å². The molecule has 0 saturated carbocycles. The maximum Gasteiger partial charge on any atom is 0.224 e. The van der Waals surface area contributed by atoms with Crippen LogP contribution in [0.15, 0.2) is 12.3 Å². The van der Waals surface area contributed by atoms with E-state index >= 15 is 0 Å². The number of nitrogens with two attached hydrogens (primary N) is 1. The molecule has 3 N–H and O–H groups in total. The minimum absolute atomic E-state index is 0.0159. The van der Waals surface area contributed by atoms with Gasteiger partial charge in [-0.3, -0.25) is 5.41 Å². The number of amidine groups is 1. The molecule has 0 radical (unpaired) electrons. The van der Waals surface area contributed by atoms with Crippen molar-refractivity contribution in [3.05, 3.63) is 23.4 Å². The van der Waals surface area contributed by atoms with Gasteiger partial charge in [-0.1, -0.05) is 33.1 Å². The maximum atomic E-state index is 7.62. The van der Waals surface area contributed by atoms with Crippen LogP contribution in [0, 0.1) is 18.3 Å². The van der Waals surface area contributed by atoms with Gasteiger partial charge in [0.15, 0.2) is 0 Å². The standard InChI is InChI=1S/C15H25N3O/c1-4-6-7-12(5-2)10-19-15-13(14(16)17)11(3)8-9-18-15/h8-9,12H,4-7,10H2,1-3H3,(H3,16,17). The van der Waals surface area contributed by atoms with Gasteiger partial charge in [0, 0.05) is 6.20 Å².